The molecule has 2 atom stereocenters. The van der Waals surface area contributed by atoms with Crippen LogP contribution in [0.4, 0.5) is 0 Å². The first-order valence-corrected chi connectivity index (χ1v) is 8.01. The number of hydrogen-bond acceptors (Lipinski definition) is 3. The molecule has 0 aliphatic carbocycles. The van der Waals surface area contributed by atoms with Crippen LogP contribution in [0.3, 0.4) is 0 Å². The van der Waals surface area contributed by atoms with Gasteiger partial charge in [-0.15, -0.1) is 0 Å². The van der Waals surface area contributed by atoms with Crippen LogP contribution >= 0.6 is 0 Å². The maximum absolute atomic E-state index is 5.56. The van der Waals surface area contributed by atoms with E-state index in [9.17, 15) is 0 Å². The first-order chi connectivity index (χ1) is 9.33. The van der Waals surface area contributed by atoms with Crippen LogP contribution in [-0.2, 0) is 14.2 Å². The highest BCUT2D eigenvalue weighted by atomic mass is 16.5. The van der Waals surface area contributed by atoms with Crippen molar-refractivity contribution < 1.29 is 14.2 Å². The molecule has 0 aliphatic rings. The zero-order valence-electron chi connectivity index (χ0n) is 15.1. The van der Waals surface area contributed by atoms with Gasteiger partial charge < -0.3 is 14.2 Å². The maximum atomic E-state index is 5.56. The van der Waals surface area contributed by atoms with Gasteiger partial charge in [0.05, 0.1) is 12.7 Å². The van der Waals surface area contributed by atoms with Crippen molar-refractivity contribution in [1.82, 2.24) is 0 Å². The highest BCUT2D eigenvalue weighted by Crippen LogP contribution is 2.00. The number of rotatable bonds is 10. The summed E-state index contributed by atoms with van der Waals surface area (Å²) in [7, 11) is 1.74. The van der Waals surface area contributed by atoms with Gasteiger partial charge in [-0.3, -0.25) is 0 Å². The standard InChI is InChI=1S/C11H24O2.C6H14O/c1-9(2)6-12-8-11(5)13-7-10(3)4;1-4-6(2)5-7-3/h9-11H,6-8H2,1-5H3;6H,4-5H2,1-3H3. The third kappa shape index (κ3) is 20.2. The molecule has 0 saturated carbocycles. The molecule has 0 bridgehead atoms. The Morgan fingerprint density at radius 3 is 1.65 bits per heavy atom. The Balaban J connectivity index is 0. The van der Waals surface area contributed by atoms with Crippen molar-refractivity contribution in [2.45, 2.75) is 61.0 Å². The molecule has 0 radical (unpaired) electrons. The van der Waals surface area contributed by atoms with Gasteiger partial charge in [-0.05, 0) is 24.7 Å². The van der Waals surface area contributed by atoms with Gasteiger partial charge >= 0.3 is 0 Å². The molecule has 0 aromatic heterocycles. The van der Waals surface area contributed by atoms with Gasteiger partial charge in [0.15, 0.2) is 0 Å². The van der Waals surface area contributed by atoms with E-state index in [4.69, 9.17) is 14.2 Å². The van der Waals surface area contributed by atoms with Gasteiger partial charge in [0.1, 0.15) is 0 Å². The number of methoxy groups -OCH3 is 1. The Hall–Kier alpha value is -0.120. The molecule has 3 heteroatoms. The third-order valence-electron chi connectivity index (χ3n) is 2.67. The van der Waals surface area contributed by atoms with Crippen LogP contribution in [0.15, 0.2) is 0 Å². The Kier molecular flexibility index (Phi) is 16.9. The summed E-state index contributed by atoms with van der Waals surface area (Å²) in [4.78, 5) is 0. The molecular weight excluding hydrogens is 252 g/mol. The van der Waals surface area contributed by atoms with Crippen molar-refractivity contribution in [2.24, 2.45) is 17.8 Å². The number of hydrogen-bond donors (Lipinski definition) is 0. The minimum absolute atomic E-state index is 0.223. The molecule has 0 rings (SSSR count). The maximum Gasteiger partial charge on any atom is 0.0780 e. The molecule has 0 aliphatic heterocycles. The van der Waals surface area contributed by atoms with E-state index >= 15 is 0 Å². The Labute approximate surface area is 127 Å². The SMILES string of the molecule is CC(C)COCC(C)OCC(C)C.CCC(C)COC. The smallest absolute Gasteiger partial charge is 0.0780 e. The highest BCUT2D eigenvalue weighted by Gasteiger charge is 2.04. The minimum Gasteiger partial charge on any atom is -0.384 e. The molecule has 0 amide bonds. The highest BCUT2D eigenvalue weighted by molar-refractivity contribution is 4.50. The van der Waals surface area contributed by atoms with Crippen molar-refractivity contribution in [3.63, 3.8) is 0 Å². The zero-order chi connectivity index (χ0) is 16.0. The van der Waals surface area contributed by atoms with Crippen LogP contribution in [0, 0.1) is 17.8 Å². The van der Waals surface area contributed by atoms with Gasteiger partial charge in [0.25, 0.3) is 0 Å². The van der Waals surface area contributed by atoms with Gasteiger partial charge in [0, 0.05) is 26.9 Å². The molecule has 0 fully saturated rings. The van der Waals surface area contributed by atoms with Crippen LogP contribution in [0.25, 0.3) is 0 Å². The Morgan fingerprint density at radius 2 is 1.30 bits per heavy atom. The quantitative estimate of drug-likeness (QED) is 0.597. The largest absolute Gasteiger partial charge is 0.384 e. The lowest BCUT2D eigenvalue weighted by Gasteiger charge is -2.15. The second-order valence-electron chi connectivity index (χ2n) is 6.44. The van der Waals surface area contributed by atoms with E-state index in [0.717, 1.165) is 25.7 Å². The first-order valence-electron chi connectivity index (χ1n) is 8.01. The monoisotopic (exact) mass is 290 g/mol. The van der Waals surface area contributed by atoms with Crippen LogP contribution in [0.2, 0.25) is 0 Å². The summed E-state index contributed by atoms with van der Waals surface area (Å²) in [6.45, 7) is 18.3. The summed E-state index contributed by atoms with van der Waals surface area (Å²) >= 11 is 0. The predicted octanol–water partition coefficient (Wildman–Crippen LogP) is 4.40. The van der Waals surface area contributed by atoms with E-state index in [1.807, 2.05) is 0 Å². The summed E-state index contributed by atoms with van der Waals surface area (Å²) in [5, 5.41) is 0. The molecular formula is C17H38O3. The second-order valence-corrected chi connectivity index (χ2v) is 6.44. The van der Waals surface area contributed by atoms with Crippen molar-refractivity contribution in [3.05, 3.63) is 0 Å². The Bertz CT molecular complexity index is 181. The fourth-order valence-electron chi connectivity index (χ4n) is 1.28. The van der Waals surface area contributed by atoms with Gasteiger partial charge in [-0.1, -0.05) is 48.0 Å². The van der Waals surface area contributed by atoms with Crippen molar-refractivity contribution >= 4 is 0 Å². The topological polar surface area (TPSA) is 27.7 Å². The lowest BCUT2D eigenvalue weighted by atomic mass is 10.1. The molecule has 0 aromatic rings. The minimum atomic E-state index is 0.223. The van der Waals surface area contributed by atoms with Gasteiger partial charge in [-0.2, -0.15) is 0 Å². The zero-order valence-corrected chi connectivity index (χ0v) is 15.1. The van der Waals surface area contributed by atoms with E-state index in [-0.39, 0.29) is 6.10 Å². The Morgan fingerprint density at radius 1 is 0.750 bits per heavy atom. The van der Waals surface area contributed by atoms with Crippen molar-refractivity contribution in [3.8, 4) is 0 Å². The fraction of sp³-hybridized carbons (Fsp3) is 1.00. The van der Waals surface area contributed by atoms with Crippen LogP contribution in [0.1, 0.15) is 54.9 Å². The van der Waals surface area contributed by atoms with E-state index in [1.165, 1.54) is 6.42 Å². The lowest BCUT2D eigenvalue weighted by Crippen LogP contribution is -2.19. The van der Waals surface area contributed by atoms with Gasteiger partial charge in [0.2, 0.25) is 0 Å². The average molecular weight is 290 g/mol. The summed E-state index contributed by atoms with van der Waals surface area (Å²) in [6, 6.07) is 0. The van der Waals surface area contributed by atoms with E-state index in [2.05, 4.69) is 48.5 Å². The summed E-state index contributed by atoms with van der Waals surface area (Å²) in [6.07, 6.45) is 1.44. The van der Waals surface area contributed by atoms with Crippen LogP contribution in [-0.4, -0.2) is 39.6 Å². The second kappa shape index (κ2) is 15.3. The van der Waals surface area contributed by atoms with Crippen molar-refractivity contribution in [2.75, 3.05) is 33.5 Å². The van der Waals surface area contributed by atoms with Crippen molar-refractivity contribution in [1.29, 1.82) is 0 Å². The predicted molar refractivity (Wildman–Crippen MR) is 87.2 cm³/mol. The number of ether oxygens (including phenoxy) is 3. The molecule has 0 saturated heterocycles. The molecule has 0 N–H and O–H groups in total. The molecule has 2 unspecified atom stereocenters. The van der Waals surface area contributed by atoms with E-state index < -0.39 is 0 Å². The summed E-state index contributed by atoms with van der Waals surface area (Å²) < 4.78 is 15.9. The molecule has 3 nitrogen and oxygen atoms in total. The lowest BCUT2D eigenvalue weighted by molar-refractivity contribution is -0.0215. The van der Waals surface area contributed by atoms with Gasteiger partial charge in [-0.25, -0.2) is 0 Å². The summed E-state index contributed by atoms with van der Waals surface area (Å²) in [5.74, 6) is 1.94. The molecule has 0 heterocycles. The first kappa shape index (κ1) is 22.2. The van der Waals surface area contributed by atoms with E-state index in [1.54, 1.807) is 7.11 Å². The molecule has 124 valence electrons. The molecule has 0 aromatic carbocycles. The van der Waals surface area contributed by atoms with Crippen LogP contribution in [0.5, 0.6) is 0 Å². The summed E-state index contributed by atoms with van der Waals surface area (Å²) in [5.41, 5.74) is 0. The van der Waals surface area contributed by atoms with E-state index in [0.29, 0.717) is 18.4 Å². The third-order valence-corrected chi connectivity index (χ3v) is 2.67. The molecule has 20 heavy (non-hydrogen) atoms. The molecule has 0 spiro atoms. The van der Waals surface area contributed by atoms with Crippen LogP contribution < -0.4 is 0 Å². The normalized spacial score (nSPS) is 14.1. The fourth-order valence-corrected chi connectivity index (χ4v) is 1.28. The average Bonchev–Trinajstić information content (AvgIpc) is 2.37.